The molecule has 1 aliphatic rings. The monoisotopic (exact) mass is 332 g/mol. The highest BCUT2D eigenvalue weighted by molar-refractivity contribution is 5.79. The number of hydrogen-bond acceptors (Lipinski definition) is 3. The Morgan fingerprint density at radius 3 is 2.21 bits per heavy atom. The lowest BCUT2D eigenvalue weighted by atomic mass is 9.97. The number of nitrogens with zero attached hydrogens (tertiary/aromatic N) is 2. The molecule has 0 aromatic heterocycles. The lowest BCUT2D eigenvalue weighted by Gasteiger charge is -2.22. The van der Waals surface area contributed by atoms with E-state index in [4.69, 9.17) is 4.74 Å². The second kappa shape index (κ2) is 8.18. The first-order chi connectivity index (χ1) is 11.4. The highest BCUT2D eigenvalue weighted by Gasteiger charge is 2.23. The number of carbonyl (C=O) groups excluding carboxylic acids is 2. The minimum atomic E-state index is -0.281. The van der Waals surface area contributed by atoms with Gasteiger partial charge in [-0.25, -0.2) is 4.79 Å². The quantitative estimate of drug-likeness (QED) is 0.855. The van der Waals surface area contributed by atoms with Crippen LogP contribution in [0.2, 0.25) is 0 Å². The van der Waals surface area contributed by atoms with Gasteiger partial charge in [0, 0.05) is 26.2 Å². The van der Waals surface area contributed by atoms with Gasteiger partial charge in [0.2, 0.25) is 5.91 Å². The molecule has 0 unspecified atom stereocenters. The molecule has 1 fully saturated rings. The Hall–Kier alpha value is -2.04. The Morgan fingerprint density at radius 2 is 1.58 bits per heavy atom. The lowest BCUT2D eigenvalue weighted by molar-refractivity contribution is -0.130. The van der Waals surface area contributed by atoms with E-state index in [1.165, 1.54) is 16.7 Å². The predicted octanol–water partition coefficient (Wildman–Crippen LogP) is 2.85. The number of benzene rings is 1. The zero-order chi connectivity index (χ0) is 17.7. The summed E-state index contributed by atoms with van der Waals surface area (Å²) in [6.07, 6.45) is 0.936. The molecule has 0 spiro atoms. The molecule has 5 heteroatoms. The second-order valence-electron chi connectivity index (χ2n) is 6.47. The van der Waals surface area contributed by atoms with E-state index in [0.29, 0.717) is 39.2 Å². The Kier molecular flexibility index (Phi) is 6.23. The molecule has 24 heavy (non-hydrogen) atoms. The minimum absolute atomic E-state index is 0.135. The first-order valence-corrected chi connectivity index (χ1v) is 8.68. The van der Waals surface area contributed by atoms with Gasteiger partial charge < -0.3 is 14.5 Å². The standard InChI is InChI=1S/C19H28N2O3/c1-5-24-19(23)21-8-6-7-20(9-10-21)18(22)13-17-15(3)11-14(2)12-16(17)4/h11-12H,5-10,13H2,1-4H3. The van der Waals surface area contributed by atoms with Gasteiger partial charge in [-0.3, -0.25) is 4.79 Å². The maximum atomic E-state index is 12.7. The average molecular weight is 332 g/mol. The van der Waals surface area contributed by atoms with E-state index in [1.807, 2.05) is 4.90 Å². The normalized spacial score (nSPS) is 15.2. The fourth-order valence-electron chi connectivity index (χ4n) is 3.32. The maximum Gasteiger partial charge on any atom is 0.409 e. The highest BCUT2D eigenvalue weighted by atomic mass is 16.6. The van der Waals surface area contributed by atoms with Gasteiger partial charge in [-0.05, 0) is 50.8 Å². The van der Waals surface area contributed by atoms with Crippen LogP contribution in [0.25, 0.3) is 0 Å². The summed E-state index contributed by atoms with van der Waals surface area (Å²) in [6.45, 7) is 10.8. The summed E-state index contributed by atoms with van der Waals surface area (Å²) in [4.78, 5) is 28.1. The fourth-order valence-corrected chi connectivity index (χ4v) is 3.32. The van der Waals surface area contributed by atoms with Crippen molar-refractivity contribution in [1.82, 2.24) is 9.80 Å². The molecule has 1 saturated heterocycles. The topological polar surface area (TPSA) is 49.9 Å². The number of amides is 2. The number of hydrogen-bond donors (Lipinski definition) is 0. The van der Waals surface area contributed by atoms with Crippen LogP contribution in [0, 0.1) is 20.8 Å². The Labute approximate surface area is 144 Å². The molecule has 5 nitrogen and oxygen atoms in total. The third-order valence-electron chi connectivity index (χ3n) is 4.54. The van der Waals surface area contributed by atoms with Crippen molar-refractivity contribution in [3.8, 4) is 0 Å². The van der Waals surface area contributed by atoms with E-state index in [-0.39, 0.29) is 12.0 Å². The molecule has 1 aliphatic heterocycles. The Bertz CT molecular complexity index is 590. The molecule has 2 rings (SSSR count). The van der Waals surface area contributed by atoms with Crippen LogP contribution in [-0.4, -0.2) is 54.6 Å². The molecular formula is C19H28N2O3. The van der Waals surface area contributed by atoms with Crippen molar-refractivity contribution in [1.29, 1.82) is 0 Å². The highest BCUT2D eigenvalue weighted by Crippen LogP contribution is 2.18. The third kappa shape index (κ3) is 4.49. The molecule has 1 aromatic carbocycles. The largest absolute Gasteiger partial charge is 0.450 e. The van der Waals surface area contributed by atoms with Crippen molar-refractivity contribution in [3.63, 3.8) is 0 Å². The van der Waals surface area contributed by atoms with Gasteiger partial charge in [-0.1, -0.05) is 17.7 Å². The molecule has 0 atom stereocenters. The van der Waals surface area contributed by atoms with Crippen molar-refractivity contribution in [2.24, 2.45) is 0 Å². The predicted molar refractivity (Wildman–Crippen MR) is 94.1 cm³/mol. The summed E-state index contributed by atoms with van der Waals surface area (Å²) in [5.74, 6) is 0.135. The van der Waals surface area contributed by atoms with Crippen LogP contribution >= 0.6 is 0 Å². The third-order valence-corrected chi connectivity index (χ3v) is 4.54. The van der Waals surface area contributed by atoms with Gasteiger partial charge in [0.1, 0.15) is 0 Å². The van der Waals surface area contributed by atoms with E-state index >= 15 is 0 Å². The molecular weight excluding hydrogens is 304 g/mol. The molecule has 0 N–H and O–H groups in total. The van der Waals surface area contributed by atoms with Crippen LogP contribution in [0.4, 0.5) is 4.79 Å². The lowest BCUT2D eigenvalue weighted by Crippen LogP contribution is -2.38. The number of ether oxygens (including phenoxy) is 1. The smallest absolute Gasteiger partial charge is 0.409 e. The summed E-state index contributed by atoms with van der Waals surface area (Å²) in [5.41, 5.74) is 4.69. The molecule has 0 saturated carbocycles. The van der Waals surface area contributed by atoms with Crippen molar-refractivity contribution >= 4 is 12.0 Å². The van der Waals surface area contributed by atoms with Crippen LogP contribution in [0.3, 0.4) is 0 Å². The zero-order valence-electron chi connectivity index (χ0n) is 15.2. The fraction of sp³-hybridized carbons (Fsp3) is 0.579. The maximum absolute atomic E-state index is 12.7. The van der Waals surface area contributed by atoms with Gasteiger partial charge in [0.25, 0.3) is 0 Å². The van der Waals surface area contributed by atoms with Gasteiger partial charge in [0.05, 0.1) is 13.0 Å². The van der Waals surface area contributed by atoms with Gasteiger partial charge in [0.15, 0.2) is 0 Å². The first-order valence-electron chi connectivity index (χ1n) is 8.68. The molecule has 0 bridgehead atoms. The molecule has 0 aliphatic carbocycles. The van der Waals surface area contributed by atoms with E-state index in [1.54, 1.807) is 11.8 Å². The van der Waals surface area contributed by atoms with Crippen molar-refractivity contribution in [2.75, 3.05) is 32.8 Å². The summed E-state index contributed by atoms with van der Waals surface area (Å²) >= 11 is 0. The molecule has 1 heterocycles. The summed E-state index contributed by atoms with van der Waals surface area (Å²) < 4.78 is 5.05. The van der Waals surface area contributed by atoms with Crippen molar-refractivity contribution < 1.29 is 14.3 Å². The van der Waals surface area contributed by atoms with Crippen molar-refractivity contribution in [3.05, 3.63) is 34.4 Å². The molecule has 1 aromatic rings. The van der Waals surface area contributed by atoms with Crippen LogP contribution < -0.4 is 0 Å². The molecule has 2 amide bonds. The van der Waals surface area contributed by atoms with Gasteiger partial charge >= 0.3 is 6.09 Å². The molecule has 0 radical (unpaired) electrons. The second-order valence-corrected chi connectivity index (χ2v) is 6.47. The summed E-state index contributed by atoms with van der Waals surface area (Å²) in [5, 5.41) is 0. The van der Waals surface area contributed by atoms with E-state index < -0.39 is 0 Å². The summed E-state index contributed by atoms with van der Waals surface area (Å²) in [6, 6.07) is 4.25. The van der Waals surface area contributed by atoms with Gasteiger partial charge in [-0.15, -0.1) is 0 Å². The SMILES string of the molecule is CCOC(=O)N1CCCN(C(=O)Cc2c(C)cc(C)cc2C)CC1. The van der Waals surface area contributed by atoms with Crippen LogP contribution in [0.1, 0.15) is 35.6 Å². The minimum Gasteiger partial charge on any atom is -0.450 e. The Morgan fingerprint density at radius 1 is 1.00 bits per heavy atom. The number of carbonyl (C=O) groups is 2. The van der Waals surface area contributed by atoms with E-state index in [2.05, 4.69) is 32.9 Å². The Balaban J connectivity index is 2.00. The number of aryl methyl sites for hydroxylation is 3. The van der Waals surface area contributed by atoms with Crippen LogP contribution in [0.15, 0.2) is 12.1 Å². The molecule has 132 valence electrons. The van der Waals surface area contributed by atoms with E-state index in [9.17, 15) is 9.59 Å². The van der Waals surface area contributed by atoms with Crippen molar-refractivity contribution in [2.45, 2.75) is 40.5 Å². The van der Waals surface area contributed by atoms with E-state index in [0.717, 1.165) is 12.0 Å². The first kappa shape index (κ1) is 18.3. The zero-order valence-corrected chi connectivity index (χ0v) is 15.2. The van der Waals surface area contributed by atoms with Crippen LogP contribution in [0.5, 0.6) is 0 Å². The van der Waals surface area contributed by atoms with Gasteiger partial charge in [-0.2, -0.15) is 0 Å². The average Bonchev–Trinajstić information content (AvgIpc) is 2.77. The van der Waals surface area contributed by atoms with Crippen LogP contribution in [-0.2, 0) is 16.0 Å². The number of rotatable bonds is 3. The summed E-state index contributed by atoms with van der Waals surface area (Å²) in [7, 11) is 0.